The number of imide groups is 1. The number of hydrogen-bond donors (Lipinski definition) is 0. The van der Waals surface area contributed by atoms with E-state index in [-0.39, 0.29) is 17.9 Å². The number of carbonyl (C=O) groups is 5. The number of rotatable bonds is 6. The van der Waals surface area contributed by atoms with Gasteiger partial charge in [-0.2, -0.15) is 0 Å². The van der Waals surface area contributed by atoms with Gasteiger partial charge in [-0.1, -0.05) is 12.1 Å². The minimum absolute atomic E-state index is 0.176. The van der Waals surface area contributed by atoms with Gasteiger partial charge >= 0.3 is 17.9 Å². The van der Waals surface area contributed by atoms with Crippen molar-refractivity contribution in [3.05, 3.63) is 42.0 Å². The lowest BCUT2D eigenvalue weighted by Crippen LogP contribution is -2.52. The van der Waals surface area contributed by atoms with Gasteiger partial charge in [0.25, 0.3) is 6.29 Å². The minimum Gasteiger partial charge on any atom is -0.462 e. The maximum Gasteiger partial charge on any atom is 0.338 e. The quantitative estimate of drug-likeness (QED) is 0.275. The molecule has 10 heteroatoms. The Bertz CT molecular complexity index is 1030. The Labute approximate surface area is 183 Å². The summed E-state index contributed by atoms with van der Waals surface area (Å²) >= 11 is 0. The van der Waals surface area contributed by atoms with Crippen LogP contribution >= 0.6 is 0 Å². The van der Waals surface area contributed by atoms with Gasteiger partial charge in [-0.15, -0.1) is 0 Å². The summed E-state index contributed by atoms with van der Waals surface area (Å²) in [5.74, 6) is -5.19. The van der Waals surface area contributed by atoms with E-state index in [1.54, 1.807) is 13.0 Å². The molecule has 0 aromatic heterocycles. The predicted molar refractivity (Wildman–Crippen MR) is 106 cm³/mol. The number of ether oxygens (including phenoxy) is 4. The molecule has 1 aromatic rings. The van der Waals surface area contributed by atoms with Crippen LogP contribution < -0.4 is 4.90 Å². The van der Waals surface area contributed by atoms with E-state index in [2.05, 4.69) is 0 Å². The highest BCUT2D eigenvalue weighted by atomic mass is 16.7. The maximum absolute atomic E-state index is 13.5. The van der Waals surface area contributed by atoms with Crippen LogP contribution in [0.5, 0.6) is 0 Å². The van der Waals surface area contributed by atoms with Gasteiger partial charge in [-0.3, -0.25) is 19.2 Å². The second-order valence-electron chi connectivity index (χ2n) is 7.63. The van der Waals surface area contributed by atoms with Gasteiger partial charge in [-0.25, -0.2) is 9.69 Å². The highest BCUT2D eigenvalue weighted by Crippen LogP contribution is 2.54. The lowest BCUT2D eigenvalue weighted by Gasteiger charge is -2.34. The van der Waals surface area contributed by atoms with Crippen molar-refractivity contribution in [2.75, 3.05) is 11.5 Å². The zero-order chi connectivity index (χ0) is 23.2. The molecular weight excluding hydrogens is 422 g/mol. The zero-order valence-electron chi connectivity index (χ0n) is 17.6. The Balaban J connectivity index is 1.71. The molecule has 168 valence electrons. The van der Waals surface area contributed by atoms with Crippen molar-refractivity contribution in [2.45, 2.75) is 38.8 Å². The Morgan fingerprint density at radius 3 is 2.44 bits per heavy atom. The van der Waals surface area contributed by atoms with Crippen LogP contribution in [0.15, 0.2) is 36.4 Å². The van der Waals surface area contributed by atoms with Gasteiger partial charge < -0.3 is 18.9 Å². The molecule has 1 aromatic carbocycles. The fourth-order valence-corrected chi connectivity index (χ4v) is 4.46. The molecule has 3 heterocycles. The van der Waals surface area contributed by atoms with Crippen molar-refractivity contribution < 1.29 is 42.9 Å². The van der Waals surface area contributed by atoms with Gasteiger partial charge in [0.2, 0.25) is 11.8 Å². The van der Waals surface area contributed by atoms with Gasteiger partial charge in [0.05, 0.1) is 35.8 Å². The molecule has 2 saturated heterocycles. The molecular formula is C22H21NO9. The number of fused-ring (bicyclic) bond motifs is 5. The van der Waals surface area contributed by atoms with Crippen LogP contribution in [0.4, 0.5) is 5.69 Å². The lowest BCUT2D eigenvalue weighted by atomic mass is 9.76. The van der Waals surface area contributed by atoms with Crippen molar-refractivity contribution in [3.63, 3.8) is 0 Å². The molecule has 4 atom stereocenters. The Hall–Kier alpha value is -3.53. The van der Waals surface area contributed by atoms with Crippen LogP contribution in [0.25, 0.3) is 0 Å². The molecule has 2 fully saturated rings. The number of amides is 2. The minimum atomic E-state index is -1.63. The third kappa shape index (κ3) is 3.27. The third-order valence-electron chi connectivity index (χ3n) is 5.61. The molecule has 0 radical (unpaired) electrons. The van der Waals surface area contributed by atoms with E-state index in [0.29, 0.717) is 0 Å². The van der Waals surface area contributed by atoms with Gasteiger partial charge in [0.15, 0.2) is 5.60 Å². The molecule has 10 nitrogen and oxygen atoms in total. The second kappa shape index (κ2) is 7.86. The summed E-state index contributed by atoms with van der Waals surface area (Å²) in [7, 11) is 0. The fraction of sp³-hybridized carbons (Fsp3) is 0.409. The van der Waals surface area contributed by atoms with E-state index >= 15 is 0 Å². The van der Waals surface area contributed by atoms with Crippen LogP contribution in [0, 0.1) is 11.8 Å². The number of esters is 3. The number of anilines is 1. The lowest BCUT2D eigenvalue weighted by molar-refractivity contribution is -0.226. The van der Waals surface area contributed by atoms with E-state index in [4.69, 9.17) is 18.9 Å². The average molecular weight is 443 g/mol. The first-order valence-corrected chi connectivity index (χ1v) is 10.1. The number of carbonyl (C=O) groups excluding carboxylic acids is 5. The molecule has 0 saturated carbocycles. The summed E-state index contributed by atoms with van der Waals surface area (Å²) in [6, 6.07) is 5.97. The van der Waals surface area contributed by atoms with E-state index in [1.165, 1.54) is 30.3 Å². The van der Waals surface area contributed by atoms with Crippen molar-refractivity contribution in [2.24, 2.45) is 11.8 Å². The number of nitrogens with zero attached hydrogens (tertiary/aromatic N) is 1. The van der Waals surface area contributed by atoms with Crippen LogP contribution in [-0.4, -0.2) is 54.3 Å². The van der Waals surface area contributed by atoms with Crippen molar-refractivity contribution in [3.8, 4) is 0 Å². The maximum atomic E-state index is 13.5. The van der Waals surface area contributed by atoms with E-state index in [0.717, 1.165) is 18.7 Å². The topological polar surface area (TPSA) is 126 Å². The molecule has 0 N–H and O–H groups in total. The van der Waals surface area contributed by atoms with Crippen LogP contribution in [-0.2, 0) is 38.1 Å². The first kappa shape index (κ1) is 21.7. The first-order valence-electron chi connectivity index (χ1n) is 10.1. The Morgan fingerprint density at radius 2 is 1.81 bits per heavy atom. The summed E-state index contributed by atoms with van der Waals surface area (Å²) in [5.41, 5.74) is -1.25. The third-order valence-corrected chi connectivity index (χ3v) is 5.61. The highest BCUT2D eigenvalue weighted by molar-refractivity contribution is 6.23. The smallest absolute Gasteiger partial charge is 0.338 e. The molecule has 3 aliphatic heterocycles. The van der Waals surface area contributed by atoms with Crippen LogP contribution in [0.1, 0.15) is 31.1 Å². The summed E-state index contributed by atoms with van der Waals surface area (Å²) in [6.45, 7) is 4.10. The summed E-state index contributed by atoms with van der Waals surface area (Å²) in [5, 5.41) is 0. The molecule has 3 aliphatic rings. The van der Waals surface area contributed by atoms with Crippen LogP contribution in [0.2, 0.25) is 0 Å². The summed E-state index contributed by atoms with van der Waals surface area (Å²) in [4.78, 5) is 63.1. The average Bonchev–Trinajstić information content (AvgIpc) is 3.38. The highest BCUT2D eigenvalue weighted by Gasteiger charge is 2.72. The first-order chi connectivity index (χ1) is 15.2. The zero-order valence-corrected chi connectivity index (χ0v) is 17.6. The monoisotopic (exact) mass is 443 g/mol. The standard InChI is InChI=1S/C22H21NO9/c1-4-29-20(28)13-6-5-7-14(10-13)23-18(26)16-15-8-9-22(32-15,17(16)19(23)27)21(30-11(2)24)31-12(3)25/h5-10,15-17,21H,4H2,1-3H3/t15-,16+,17+,22-/m1/s1. The van der Waals surface area contributed by atoms with Gasteiger partial charge in [0, 0.05) is 13.8 Å². The van der Waals surface area contributed by atoms with Crippen molar-refractivity contribution in [1.82, 2.24) is 0 Å². The second-order valence-corrected chi connectivity index (χ2v) is 7.63. The summed E-state index contributed by atoms with van der Waals surface area (Å²) < 4.78 is 21.2. The van der Waals surface area contributed by atoms with E-state index < -0.39 is 59.6 Å². The molecule has 2 amide bonds. The molecule has 32 heavy (non-hydrogen) atoms. The van der Waals surface area contributed by atoms with E-state index in [9.17, 15) is 24.0 Å². The summed E-state index contributed by atoms with van der Waals surface area (Å²) in [6.07, 6.45) is 0.781. The van der Waals surface area contributed by atoms with E-state index in [1.807, 2.05) is 0 Å². The molecule has 2 bridgehead atoms. The molecule has 0 spiro atoms. The van der Waals surface area contributed by atoms with Crippen molar-refractivity contribution >= 4 is 35.4 Å². The largest absolute Gasteiger partial charge is 0.462 e. The normalized spacial score (nSPS) is 27.6. The fourth-order valence-electron chi connectivity index (χ4n) is 4.46. The SMILES string of the molecule is CCOC(=O)c1cccc(N2C(=O)[C@@H]3[C@@H](C2=O)[C@@]2(C(OC(C)=O)OC(C)=O)C=C[C@H]3O2)c1. The van der Waals surface area contributed by atoms with Gasteiger partial charge in [-0.05, 0) is 31.2 Å². The Morgan fingerprint density at radius 1 is 1.12 bits per heavy atom. The number of benzene rings is 1. The van der Waals surface area contributed by atoms with Crippen LogP contribution in [0.3, 0.4) is 0 Å². The number of hydrogen-bond acceptors (Lipinski definition) is 9. The van der Waals surface area contributed by atoms with Gasteiger partial charge in [0.1, 0.15) is 0 Å². The Kier molecular flexibility index (Phi) is 5.33. The molecule has 4 rings (SSSR count). The molecule has 0 aliphatic carbocycles. The molecule has 0 unspecified atom stereocenters. The predicted octanol–water partition coefficient (Wildman–Crippen LogP) is 1.13. The van der Waals surface area contributed by atoms with Crippen molar-refractivity contribution in [1.29, 1.82) is 0 Å².